The van der Waals surface area contributed by atoms with Gasteiger partial charge in [-0.25, -0.2) is 8.42 Å². The molecule has 9 heteroatoms. The lowest BCUT2D eigenvalue weighted by molar-refractivity contribution is -0.121. The van der Waals surface area contributed by atoms with Crippen LogP contribution in [-0.4, -0.2) is 52.2 Å². The highest BCUT2D eigenvalue weighted by molar-refractivity contribution is 9.10. The van der Waals surface area contributed by atoms with E-state index in [1.165, 1.54) is 0 Å². The van der Waals surface area contributed by atoms with Crippen molar-refractivity contribution < 1.29 is 22.7 Å². The highest BCUT2D eigenvalue weighted by atomic mass is 79.9. The molecular weight excluding hydrogens is 460 g/mol. The molecule has 0 saturated heterocycles. The Kier molecular flexibility index (Phi) is 8.48. The average Bonchev–Trinajstić information content (AvgIpc) is 2.68. The van der Waals surface area contributed by atoms with Gasteiger partial charge in [-0.1, -0.05) is 34.1 Å². The topological polar surface area (TPSA) is 84.9 Å². The standard InChI is InChI=1S/C20H25BrN2O5S/c1-27-18-9-6-15(12-19(18)28-2)10-11-22-20(24)14-23(29(3,25)26)13-16-4-7-17(21)8-5-16/h4-9,12H,10-11,13-14H2,1-3H3,(H,22,24). The summed E-state index contributed by atoms with van der Waals surface area (Å²) in [6.07, 6.45) is 1.68. The largest absolute Gasteiger partial charge is 0.493 e. The minimum atomic E-state index is -3.53. The van der Waals surface area contributed by atoms with E-state index in [0.29, 0.717) is 24.5 Å². The lowest BCUT2D eigenvalue weighted by Gasteiger charge is -2.19. The summed E-state index contributed by atoms with van der Waals surface area (Å²) in [5, 5.41) is 2.77. The van der Waals surface area contributed by atoms with Gasteiger partial charge in [0.1, 0.15) is 0 Å². The highest BCUT2D eigenvalue weighted by Gasteiger charge is 2.20. The Morgan fingerprint density at radius 3 is 2.24 bits per heavy atom. The number of carbonyl (C=O) groups is 1. The van der Waals surface area contributed by atoms with Gasteiger partial charge >= 0.3 is 0 Å². The second kappa shape index (κ2) is 10.6. The van der Waals surface area contributed by atoms with Crippen LogP contribution in [0.25, 0.3) is 0 Å². The minimum Gasteiger partial charge on any atom is -0.493 e. The van der Waals surface area contributed by atoms with E-state index >= 15 is 0 Å². The normalized spacial score (nSPS) is 11.3. The fourth-order valence-electron chi connectivity index (χ4n) is 2.68. The first-order valence-corrected chi connectivity index (χ1v) is 11.5. The SMILES string of the molecule is COc1ccc(CCNC(=O)CN(Cc2ccc(Br)cc2)S(C)(=O)=O)cc1OC. The van der Waals surface area contributed by atoms with E-state index in [2.05, 4.69) is 21.2 Å². The van der Waals surface area contributed by atoms with Crippen LogP contribution in [0.1, 0.15) is 11.1 Å². The quantitative estimate of drug-likeness (QED) is 0.560. The van der Waals surface area contributed by atoms with Gasteiger partial charge in [0.2, 0.25) is 15.9 Å². The summed E-state index contributed by atoms with van der Waals surface area (Å²) < 4.78 is 36.7. The lowest BCUT2D eigenvalue weighted by Crippen LogP contribution is -2.40. The summed E-state index contributed by atoms with van der Waals surface area (Å²) in [6.45, 7) is 0.278. The number of nitrogens with zero attached hydrogens (tertiary/aromatic N) is 1. The molecular formula is C20H25BrN2O5S. The molecule has 0 aliphatic rings. The van der Waals surface area contributed by atoms with Crippen molar-refractivity contribution in [2.45, 2.75) is 13.0 Å². The molecule has 0 bridgehead atoms. The maximum Gasteiger partial charge on any atom is 0.235 e. The van der Waals surface area contributed by atoms with Crippen LogP contribution in [0.5, 0.6) is 11.5 Å². The van der Waals surface area contributed by atoms with Crippen LogP contribution < -0.4 is 14.8 Å². The highest BCUT2D eigenvalue weighted by Crippen LogP contribution is 2.27. The van der Waals surface area contributed by atoms with Crippen molar-refractivity contribution in [1.82, 2.24) is 9.62 Å². The molecule has 0 unspecified atom stereocenters. The molecule has 1 amide bonds. The van der Waals surface area contributed by atoms with Crippen LogP contribution >= 0.6 is 15.9 Å². The van der Waals surface area contributed by atoms with Crippen molar-refractivity contribution >= 4 is 31.9 Å². The molecule has 0 atom stereocenters. The number of benzene rings is 2. The van der Waals surface area contributed by atoms with Gasteiger partial charge in [-0.3, -0.25) is 4.79 Å². The maximum absolute atomic E-state index is 12.3. The molecule has 0 spiro atoms. The van der Waals surface area contributed by atoms with E-state index in [0.717, 1.165) is 26.2 Å². The molecule has 29 heavy (non-hydrogen) atoms. The Hall–Kier alpha value is -2.10. The molecule has 0 aliphatic heterocycles. The van der Waals surface area contributed by atoms with Gasteiger partial charge in [-0.05, 0) is 41.8 Å². The van der Waals surface area contributed by atoms with E-state index in [9.17, 15) is 13.2 Å². The van der Waals surface area contributed by atoms with Gasteiger partial charge < -0.3 is 14.8 Å². The molecule has 2 aromatic rings. The third kappa shape index (κ3) is 7.34. The molecule has 0 radical (unpaired) electrons. The van der Waals surface area contributed by atoms with Crippen molar-refractivity contribution in [1.29, 1.82) is 0 Å². The fraction of sp³-hybridized carbons (Fsp3) is 0.350. The van der Waals surface area contributed by atoms with Gasteiger partial charge in [-0.2, -0.15) is 4.31 Å². The van der Waals surface area contributed by atoms with Gasteiger partial charge in [0, 0.05) is 17.6 Å². The van der Waals surface area contributed by atoms with Crippen LogP contribution in [0.2, 0.25) is 0 Å². The Morgan fingerprint density at radius 1 is 1.03 bits per heavy atom. The smallest absolute Gasteiger partial charge is 0.235 e. The zero-order valence-corrected chi connectivity index (χ0v) is 19.0. The van der Waals surface area contributed by atoms with Crippen LogP contribution in [0.15, 0.2) is 46.9 Å². The van der Waals surface area contributed by atoms with Gasteiger partial charge in [0.05, 0.1) is 27.0 Å². The Bertz CT molecular complexity index is 932. The molecule has 0 saturated carbocycles. The van der Waals surface area contributed by atoms with Gasteiger partial charge in [0.25, 0.3) is 0 Å². The summed E-state index contributed by atoms with van der Waals surface area (Å²) in [7, 11) is -0.399. The molecule has 7 nitrogen and oxygen atoms in total. The van der Waals surface area contributed by atoms with E-state index in [4.69, 9.17) is 9.47 Å². The Balaban J connectivity index is 1.92. The number of amides is 1. The minimum absolute atomic E-state index is 0.134. The summed E-state index contributed by atoms with van der Waals surface area (Å²) in [6, 6.07) is 12.8. The molecule has 0 fully saturated rings. The van der Waals surface area contributed by atoms with E-state index in [1.807, 2.05) is 36.4 Å². The summed E-state index contributed by atoms with van der Waals surface area (Å²) in [5.41, 5.74) is 1.77. The van der Waals surface area contributed by atoms with E-state index in [1.54, 1.807) is 20.3 Å². The first kappa shape index (κ1) is 23.2. The van der Waals surface area contributed by atoms with Crippen molar-refractivity contribution in [3.63, 3.8) is 0 Å². The number of hydrogen-bond acceptors (Lipinski definition) is 5. The van der Waals surface area contributed by atoms with E-state index < -0.39 is 10.0 Å². The molecule has 158 valence electrons. The number of hydrogen-bond donors (Lipinski definition) is 1. The van der Waals surface area contributed by atoms with Crippen molar-refractivity contribution in [3.8, 4) is 11.5 Å². The van der Waals surface area contributed by atoms with Crippen molar-refractivity contribution in [2.24, 2.45) is 0 Å². The number of halogens is 1. The number of carbonyl (C=O) groups excluding carboxylic acids is 1. The van der Waals surface area contributed by atoms with Crippen LogP contribution in [0, 0.1) is 0 Å². The van der Waals surface area contributed by atoms with Gasteiger partial charge in [-0.15, -0.1) is 0 Å². The molecule has 0 aliphatic carbocycles. The third-order valence-corrected chi connectivity index (χ3v) is 5.97. The maximum atomic E-state index is 12.3. The van der Waals surface area contributed by atoms with E-state index in [-0.39, 0.29) is 19.0 Å². The number of sulfonamides is 1. The molecule has 2 aromatic carbocycles. The molecule has 0 heterocycles. The number of methoxy groups -OCH3 is 2. The van der Waals surface area contributed by atoms with Gasteiger partial charge in [0.15, 0.2) is 11.5 Å². The first-order valence-electron chi connectivity index (χ1n) is 8.90. The zero-order valence-electron chi connectivity index (χ0n) is 16.6. The number of nitrogens with one attached hydrogen (secondary N) is 1. The van der Waals surface area contributed by atoms with Crippen LogP contribution in [0.3, 0.4) is 0 Å². The second-order valence-corrected chi connectivity index (χ2v) is 9.34. The zero-order chi connectivity index (χ0) is 21.4. The molecule has 2 rings (SSSR count). The molecule has 0 aromatic heterocycles. The van der Waals surface area contributed by atoms with Crippen LogP contribution in [-0.2, 0) is 27.8 Å². The Morgan fingerprint density at radius 2 is 1.66 bits per heavy atom. The summed E-state index contributed by atoms with van der Waals surface area (Å²) in [5.74, 6) is 0.902. The predicted octanol–water partition coefficient (Wildman–Crippen LogP) is 2.59. The van der Waals surface area contributed by atoms with Crippen molar-refractivity contribution in [2.75, 3.05) is 33.6 Å². The lowest BCUT2D eigenvalue weighted by atomic mass is 10.1. The third-order valence-electron chi connectivity index (χ3n) is 4.24. The number of rotatable bonds is 10. The monoisotopic (exact) mass is 484 g/mol. The molecule has 1 N–H and O–H groups in total. The average molecular weight is 485 g/mol. The summed E-state index contributed by atoms with van der Waals surface area (Å²) >= 11 is 3.35. The number of ether oxygens (including phenoxy) is 2. The summed E-state index contributed by atoms with van der Waals surface area (Å²) in [4.78, 5) is 12.3. The predicted molar refractivity (Wildman–Crippen MR) is 116 cm³/mol. The second-order valence-electron chi connectivity index (χ2n) is 6.45. The Labute approximate surface area is 180 Å². The van der Waals surface area contributed by atoms with Crippen LogP contribution in [0.4, 0.5) is 0 Å². The first-order chi connectivity index (χ1) is 13.7. The fourth-order valence-corrected chi connectivity index (χ4v) is 3.68. The van der Waals surface area contributed by atoms with Crippen molar-refractivity contribution in [3.05, 3.63) is 58.1 Å².